The molecule has 2 nitrogen and oxygen atoms in total. The van der Waals surface area contributed by atoms with E-state index in [9.17, 15) is 4.79 Å². The molecule has 1 aromatic rings. The first-order valence-corrected chi connectivity index (χ1v) is 6.83. The maximum absolute atomic E-state index is 10.9. The van der Waals surface area contributed by atoms with Crippen LogP contribution in [0.3, 0.4) is 0 Å². The fraction of sp³-hybridized carbons (Fsp3) is 0.588. The van der Waals surface area contributed by atoms with Crippen molar-refractivity contribution < 1.29 is 9.90 Å². The van der Waals surface area contributed by atoms with Gasteiger partial charge in [0.1, 0.15) is 0 Å². The van der Waals surface area contributed by atoms with E-state index in [0.717, 1.165) is 6.42 Å². The number of aliphatic carboxylic acids is 1. The molecule has 2 heteroatoms. The molecule has 0 aliphatic carbocycles. The summed E-state index contributed by atoms with van der Waals surface area (Å²) < 4.78 is 0. The fourth-order valence-electron chi connectivity index (χ4n) is 2.35. The lowest BCUT2D eigenvalue weighted by Gasteiger charge is -2.25. The van der Waals surface area contributed by atoms with Crippen molar-refractivity contribution in [1.29, 1.82) is 0 Å². The van der Waals surface area contributed by atoms with Crippen LogP contribution in [-0.2, 0) is 16.6 Å². The molecular weight excluding hydrogens is 236 g/mol. The highest BCUT2D eigenvalue weighted by Crippen LogP contribution is 2.30. The summed E-state index contributed by atoms with van der Waals surface area (Å²) in [4.78, 5) is 10.9. The molecule has 0 aliphatic heterocycles. The van der Waals surface area contributed by atoms with E-state index in [2.05, 4.69) is 45.9 Å². The van der Waals surface area contributed by atoms with Gasteiger partial charge in [0.15, 0.2) is 0 Å². The molecule has 0 radical (unpaired) electrons. The summed E-state index contributed by atoms with van der Waals surface area (Å²) in [6.07, 6.45) is 1.00. The molecule has 0 aliphatic rings. The number of aryl methyl sites for hydroxylation is 1. The van der Waals surface area contributed by atoms with Gasteiger partial charge in [0.05, 0.1) is 6.42 Å². The zero-order valence-electron chi connectivity index (χ0n) is 13.0. The van der Waals surface area contributed by atoms with Gasteiger partial charge in [-0.05, 0) is 40.9 Å². The minimum absolute atomic E-state index is 0.153. The Kier molecular flexibility index (Phi) is 4.44. The molecule has 0 heterocycles. The van der Waals surface area contributed by atoms with Crippen LogP contribution in [0, 0.1) is 12.3 Å². The van der Waals surface area contributed by atoms with Gasteiger partial charge in [0.25, 0.3) is 0 Å². The maximum atomic E-state index is 10.9. The number of carbonyl (C=O) groups is 1. The number of carboxylic acid groups (broad SMARTS) is 1. The Morgan fingerprint density at radius 3 is 2.16 bits per heavy atom. The van der Waals surface area contributed by atoms with Crippen LogP contribution < -0.4 is 0 Å². The largest absolute Gasteiger partial charge is 0.481 e. The molecule has 1 aromatic carbocycles. The fourth-order valence-corrected chi connectivity index (χ4v) is 2.35. The Bertz CT molecular complexity index is 465. The highest BCUT2D eigenvalue weighted by Gasteiger charge is 2.23. The second kappa shape index (κ2) is 5.36. The third kappa shape index (κ3) is 4.70. The molecule has 1 N–H and O–H groups in total. The quantitative estimate of drug-likeness (QED) is 0.876. The average molecular weight is 262 g/mol. The third-order valence-electron chi connectivity index (χ3n) is 3.51. The van der Waals surface area contributed by atoms with Crippen molar-refractivity contribution in [2.45, 2.75) is 59.8 Å². The van der Waals surface area contributed by atoms with E-state index in [1.54, 1.807) is 0 Å². The summed E-state index contributed by atoms with van der Waals surface area (Å²) in [5, 5.41) is 8.95. The van der Waals surface area contributed by atoms with Crippen molar-refractivity contribution in [2.24, 2.45) is 5.41 Å². The van der Waals surface area contributed by atoms with Gasteiger partial charge in [-0.2, -0.15) is 0 Å². The first-order valence-electron chi connectivity index (χ1n) is 6.83. The minimum Gasteiger partial charge on any atom is -0.481 e. The van der Waals surface area contributed by atoms with Crippen LogP contribution in [0.1, 0.15) is 57.7 Å². The highest BCUT2D eigenvalue weighted by atomic mass is 16.4. The molecule has 0 saturated carbocycles. The van der Waals surface area contributed by atoms with E-state index >= 15 is 0 Å². The Labute approximate surface area is 116 Å². The van der Waals surface area contributed by atoms with Crippen LogP contribution in [0.2, 0.25) is 0 Å². The zero-order valence-corrected chi connectivity index (χ0v) is 13.0. The lowest BCUT2D eigenvalue weighted by molar-refractivity contribution is -0.139. The normalized spacial score (nSPS) is 12.5. The number of hydrogen-bond acceptors (Lipinski definition) is 1. The van der Waals surface area contributed by atoms with Crippen molar-refractivity contribution in [3.8, 4) is 0 Å². The van der Waals surface area contributed by atoms with Gasteiger partial charge in [-0.15, -0.1) is 0 Å². The van der Waals surface area contributed by atoms with Crippen LogP contribution in [0.25, 0.3) is 0 Å². The molecule has 0 atom stereocenters. The first kappa shape index (κ1) is 15.7. The Morgan fingerprint density at radius 1 is 1.16 bits per heavy atom. The first-order chi connectivity index (χ1) is 8.51. The predicted octanol–water partition coefficient (Wildman–Crippen LogP) is 4.34. The summed E-state index contributed by atoms with van der Waals surface area (Å²) >= 11 is 0. The van der Waals surface area contributed by atoms with Crippen molar-refractivity contribution in [2.75, 3.05) is 0 Å². The Morgan fingerprint density at radius 2 is 1.74 bits per heavy atom. The molecule has 0 bridgehead atoms. The number of carboxylic acids is 1. The summed E-state index contributed by atoms with van der Waals surface area (Å²) in [5.74, 6) is -0.728. The van der Waals surface area contributed by atoms with Crippen molar-refractivity contribution in [3.05, 3.63) is 34.9 Å². The molecule has 0 aromatic heterocycles. The third-order valence-corrected chi connectivity index (χ3v) is 3.51. The van der Waals surface area contributed by atoms with Gasteiger partial charge in [-0.25, -0.2) is 0 Å². The molecule has 19 heavy (non-hydrogen) atoms. The Hall–Kier alpha value is -1.31. The van der Waals surface area contributed by atoms with Gasteiger partial charge < -0.3 is 5.11 Å². The molecular formula is C17H26O2. The van der Waals surface area contributed by atoms with Crippen molar-refractivity contribution in [1.82, 2.24) is 0 Å². The second-order valence-electron chi connectivity index (χ2n) is 7.30. The molecule has 1 rings (SSSR count). The molecule has 0 fully saturated rings. The van der Waals surface area contributed by atoms with Crippen LogP contribution in [-0.4, -0.2) is 11.1 Å². The van der Waals surface area contributed by atoms with Crippen LogP contribution in [0.5, 0.6) is 0 Å². The number of hydrogen-bond donors (Lipinski definition) is 1. The number of benzene rings is 1. The predicted molar refractivity (Wildman–Crippen MR) is 79.6 cm³/mol. The van der Waals surface area contributed by atoms with E-state index in [4.69, 9.17) is 5.11 Å². The SMILES string of the molecule is Cc1cc(C(C)(C)C)ccc1CC(C)(C)CC(=O)O. The monoisotopic (exact) mass is 262 g/mol. The summed E-state index contributed by atoms with van der Waals surface area (Å²) in [5.41, 5.74) is 3.77. The van der Waals surface area contributed by atoms with Crippen LogP contribution in [0.15, 0.2) is 18.2 Å². The van der Waals surface area contributed by atoms with Gasteiger partial charge in [-0.1, -0.05) is 52.8 Å². The minimum atomic E-state index is -0.728. The van der Waals surface area contributed by atoms with Crippen LogP contribution >= 0.6 is 0 Å². The molecule has 0 saturated heterocycles. The highest BCUT2D eigenvalue weighted by molar-refractivity contribution is 5.67. The zero-order chi connectivity index (χ0) is 14.8. The number of rotatable bonds is 4. The maximum Gasteiger partial charge on any atom is 0.303 e. The second-order valence-corrected chi connectivity index (χ2v) is 7.30. The van der Waals surface area contributed by atoms with Gasteiger partial charge in [0, 0.05) is 0 Å². The van der Waals surface area contributed by atoms with Crippen molar-refractivity contribution >= 4 is 5.97 Å². The lowest BCUT2D eigenvalue weighted by atomic mass is 9.79. The standard InChI is InChI=1S/C17H26O2/c1-12-9-14(16(2,3)4)8-7-13(12)10-17(5,6)11-15(18)19/h7-9H,10-11H2,1-6H3,(H,18,19). The van der Waals surface area contributed by atoms with E-state index < -0.39 is 5.97 Å². The topological polar surface area (TPSA) is 37.3 Å². The van der Waals surface area contributed by atoms with Crippen molar-refractivity contribution in [3.63, 3.8) is 0 Å². The van der Waals surface area contributed by atoms with Crippen LogP contribution in [0.4, 0.5) is 0 Å². The summed E-state index contributed by atoms with van der Waals surface area (Å²) in [6.45, 7) is 12.7. The molecule has 0 spiro atoms. The Balaban J connectivity index is 2.95. The van der Waals surface area contributed by atoms with Gasteiger partial charge in [-0.3, -0.25) is 4.79 Å². The molecule has 0 amide bonds. The van der Waals surface area contributed by atoms with Gasteiger partial charge >= 0.3 is 5.97 Å². The average Bonchev–Trinajstić information content (AvgIpc) is 2.16. The van der Waals surface area contributed by atoms with E-state index in [1.807, 2.05) is 13.8 Å². The van der Waals surface area contributed by atoms with E-state index in [1.165, 1.54) is 16.7 Å². The smallest absolute Gasteiger partial charge is 0.303 e. The van der Waals surface area contributed by atoms with E-state index in [-0.39, 0.29) is 17.3 Å². The molecule has 0 unspecified atom stereocenters. The summed E-state index contributed by atoms with van der Waals surface area (Å²) in [6, 6.07) is 6.55. The van der Waals surface area contributed by atoms with Gasteiger partial charge in [0.2, 0.25) is 0 Å². The van der Waals surface area contributed by atoms with E-state index in [0.29, 0.717) is 0 Å². The summed E-state index contributed by atoms with van der Waals surface area (Å²) in [7, 11) is 0. The lowest BCUT2D eigenvalue weighted by Crippen LogP contribution is -2.20. The molecule has 106 valence electrons.